The molecule has 0 unspecified atom stereocenters. The Bertz CT molecular complexity index is 1470. The predicted octanol–water partition coefficient (Wildman–Crippen LogP) is 6.01. The molecule has 1 fully saturated rings. The third-order valence-corrected chi connectivity index (χ3v) is 6.83. The number of carbonyl (C=O) groups excluding carboxylic acids is 2. The maximum Gasteiger partial charge on any atom is 0.315 e. The van der Waals surface area contributed by atoms with E-state index in [0.29, 0.717) is 18.1 Å². The number of β-lactam (4-membered cyclic amide) rings is 1. The summed E-state index contributed by atoms with van der Waals surface area (Å²) in [5, 5.41) is 11.9. The van der Waals surface area contributed by atoms with E-state index in [1.54, 1.807) is 4.90 Å². The van der Waals surface area contributed by atoms with Gasteiger partial charge in [0.25, 0.3) is 5.91 Å². The fourth-order valence-corrected chi connectivity index (χ4v) is 4.79. The quantitative estimate of drug-likeness (QED) is 0.195. The molecule has 192 valence electrons. The fourth-order valence-electron chi connectivity index (χ4n) is 4.61. The molecule has 0 aromatic heterocycles. The molecule has 1 saturated heterocycles. The van der Waals surface area contributed by atoms with Crippen molar-refractivity contribution in [3.05, 3.63) is 113 Å². The summed E-state index contributed by atoms with van der Waals surface area (Å²) in [6.07, 6.45) is 3.95. The maximum absolute atomic E-state index is 13.1. The van der Waals surface area contributed by atoms with Gasteiger partial charge in [0.15, 0.2) is 0 Å². The molecule has 0 saturated carbocycles. The Labute approximate surface area is 227 Å². The van der Waals surface area contributed by atoms with Crippen molar-refractivity contribution in [2.45, 2.75) is 19.0 Å². The molecular weight excluding hydrogens is 496 g/mol. The van der Waals surface area contributed by atoms with Crippen LogP contribution >= 0.6 is 11.6 Å². The molecule has 3 amide bonds. The lowest BCUT2D eigenvalue weighted by molar-refractivity contribution is -0.125. The van der Waals surface area contributed by atoms with Crippen molar-refractivity contribution < 1.29 is 9.59 Å². The van der Waals surface area contributed by atoms with Crippen LogP contribution in [0.5, 0.6) is 0 Å². The van der Waals surface area contributed by atoms with Crippen LogP contribution in [-0.4, -0.2) is 37.1 Å². The van der Waals surface area contributed by atoms with E-state index in [-0.39, 0.29) is 18.0 Å². The van der Waals surface area contributed by atoms with Gasteiger partial charge in [-0.3, -0.25) is 4.79 Å². The number of halogens is 1. The van der Waals surface area contributed by atoms with Gasteiger partial charge in [0.05, 0.1) is 6.04 Å². The molecule has 5 rings (SSSR count). The number of rotatable bonds is 8. The summed E-state index contributed by atoms with van der Waals surface area (Å²) in [5.41, 5.74) is 3.92. The molecule has 7 heteroatoms. The summed E-state index contributed by atoms with van der Waals surface area (Å²) in [6.45, 7) is 2.93. The van der Waals surface area contributed by atoms with E-state index in [4.69, 9.17) is 11.6 Å². The summed E-state index contributed by atoms with van der Waals surface area (Å²) in [6, 6.07) is 28.1. The summed E-state index contributed by atoms with van der Waals surface area (Å²) >= 11 is 6.11. The van der Waals surface area contributed by atoms with Gasteiger partial charge in [-0.05, 0) is 48.2 Å². The third kappa shape index (κ3) is 5.66. The average molecular weight is 525 g/mol. The van der Waals surface area contributed by atoms with Gasteiger partial charge < -0.3 is 20.9 Å². The van der Waals surface area contributed by atoms with E-state index in [1.807, 2.05) is 110 Å². The minimum Gasteiger partial charge on any atom is -0.383 e. The Balaban J connectivity index is 1.20. The lowest BCUT2D eigenvalue weighted by Crippen LogP contribution is -2.71. The molecule has 1 heterocycles. The number of nitrogens with zero attached hydrogens (tertiary/aromatic N) is 1. The van der Waals surface area contributed by atoms with Crippen LogP contribution in [0.15, 0.2) is 97.1 Å². The first-order valence-electron chi connectivity index (χ1n) is 12.6. The highest BCUT2D eigenvalue weighted by Gasteiger charge is 2.47. The van der Waals surface area contributed by atoms with Crippen LogP contribution in [-0.2, 0) is 4.79 Å². The molecule has 1 aliphatic heterocycles. The van der Waals surface area contributed by atoms with Crippen molar-refractivity contribution in [1.82, 2.24) is 10.6 Å². The molecule has 3 N–H and O–H groups in total. The van der Waals surface area contributed by atoms with Gasteiger partial charge in [-0.25, -0.2) is 4.79 Å². The monoisotopic (exact) mass is 524 g/mol. The minimum atomic E-state index is -0.646. The lowest BCUT2D eigenvalue weighted by Gasteiger charge is -2.45. The first-order valence-corrected chi connectivity index (χ1v) is 13.0. The van der Waals surface area contributed by atoms with Crippen molar-refractivity contribution in [1.29, 1.82) is 0 Å². The Morgan fingerprint density at radius 2 is 1.74 bits per heavy atom. The first-order chi connectivity index (χ1) is 18.5. The van der Waals surface area contributed by atoms with Crippen LogP contribution in [0, 0.1) is 6.92 Å². The van der Waals surface area contributed by atoms with Crippen LogP contribution in [0.25, 0.3) is 16.8 Å². The van der Waals surface area contributed by atoms with E-state index in [1.165, 1.54) is 0 Å². The number of fused-ring (bicyclic) bond motifs is 1. The molecule has 0 radical (unpaired) electrons. The summed E-state index contributed by atoms with van der Waals surface area (Å²) < 4.78 is 0. The number of urea groups is 1. The standard InChI is InChI=1S/C31H29ClN4O2/c1-21-10-14-25(15-11-21)36-28(17-12-22-6-3-2-4-7-22)29(30(36)37)35-31(38)34-19-18-33-27-9-5-8-23-20-24(32)13-16-26(23)27/h2-17,20,28-29,33H,18-19H2,1H3,(H2,34,35,38)/b17-12+/t28-,29+/m0/s1. The van der Waals surface area contributed by atoms with Crippen LogP contribution in [0.3, 0.4) is 0 Å². The molecule has 4 aromatic rings. The number of aryl methyl sites for hydroxylation is 1. The van der Waals surface area contributed by atoms with Gasteiger partial charge in [-0.2, -0.15) is 0 Å². The van der Waals surface area contributed by atoms with Gasteiger partial charge in [0, 0.05) is 34.9 Å². The second-order valence-electron chi connectivity index (χ2n) is 9.28. The lowest BCUT2D eigenvalue weighted by atomic mass is 9.92. The molecule has 6 nitrogen and oxygen atoms in total. The Morgan fingerprint density at radius 3 is 2.53 bits per heavy atom. The first kappa shape index (κ1) is 25.4. The van der Waals surface area contributed by atoms with Crippen LogP contribution in [0.2, 0.25) is 5.02 Å². The highest BCUT2D eigenvalue weighted by molar-refractivity contribution is 6.31. The highest BCUT2D eigenvalue weighted by atomic mass is 35.5. The van der Waals surface area contributed by atoms with Crippen LogP contribution in [0.4, 0.5) is 16.2 Å². The molecule has 0 spiro atoms. The van der Waals surface area contributed by atoms with Crippen molar-refractivity contribution in [2.24, 2.45) is 0 Å². The average Bonchev–Trinajstić information content (AvgIpc) is 2.93. The number of amides is 3. The topological polar surface area (TPSA) is 73.5 Å². The van der Waals surface area contributed by atoms with Crippen molar-refractivity contribution in [3.8, 4) is 0 Å². The zero-order valence-electron chi connectivity index (χ0n) is 21.0. The molecule has 1 aliphatic rings. The fraction of sp³-hybridized carbons (Fsp3) is 0.161. The SMILES string of the molecule is Cc1ccc(N2C(=O)[C@H](NC(=O)NCCNc3cccc4cc(Cl)ccc34)[C@@H]2/C=C/c2ccccc2)cc1. The summed E-state index contributed by atoms with van der Waals surface area (Å²) in [7, 11) is 0. The molecule has 0 bridgehead atoms. The number of hydrogen-bond acceptors (Lipinski definition) is 3. The molecule has 0 aliphatic carbocycles. The second kappa shape index (κ2) is 11.4. The van der Waals surface area contributed by atoms with Crippen LogP contribution in [0.1, 0.15) is 11.1 Å². The molecular formula is C31H29ClN4O2. The smallest absolute Gasteiger partial charge is 0.315 e. The number of benzene rings is 4. The van der Waals surface area contributed by atoms with E-state index in [2.05, 4.69) is 16.0 Å². The zero-order valence-corrected chi connectivity index (χ0v) is 21.8. The molecule has 38 heavy (non-hydrogen) atoms. The van der Waals surface area contributed by atoms with Crippen molar-refractivity contribution in [3.63, 3.8) is 0 Å². The number of nitrogens with one attached hydrogen (secondary N) is 3. The van der Waals surface area contributed by atoms with Crippen LogP contribution < -0.4 is 20.9 Å². The molecule has 2 atom stereocenters. The predicted molar refractivity (Wildman–Crippen MR) is 156 cm³/mol. The van der Waals surface area contributed by atoms with Gasteiger partial charge in [-0.15, -0.1) is 0 Å². The Morgan fingerprint density at radius 1 is 0.947 bits per heavy atom. The number of hydrogen-bond donors (Lipinski definition) is 3. The highest BCUT2D eigenvalue weighted by Crippen LogP contribution is 2.30. The van der Waals surface area contributed by atoms with Gasteiger partial charge in [-0.1, -0.05) is 90.0 Å². The van der Waals surface area contributed by atoms with E-state index < -0.39 is 6.04 Å². The van der Waals surface area contributed by atoms with Gasteiger partial charge in [0.1, 0.15) is 6.04 Å². The van der Waals surface area contributed by atoms with E-state index in [9.17, 15) is 9.59 Å². The van der Waals surface area contributed by atoms with E-state index in [0.717, 1.165) is 33.3 Å². The summed E-state index contributed by atoms with van der Waals surface area (Å²) in [5.74, 6) is -0.140. The number of carbonyl (C=O) groups is 2. The van der Waals surface area contributed by atoms with Crippen molar-refractivity contribution >= 4 is 51.8 Å². The minimum absolute atomic E-state index is 0.140. The maximum atomic E-state index is 13.1. The summed E-state index contributed by atoms with van der Waals surface area (Å²) in [4.78, 5) is 27.5. The largest absolute Gasteiger partial charge is 0.383 e. The molecule has 4 aromatic carbocycles. The third-order valence-electron chi connectivity index (χ3n) is 6.60. The normalized spacial score (nSPS) is 16.9. The Hall–Kier alpha value is -4.29. The van der Waals surface area contributed by atoms with Crippen molar-refractivity contribution in [2.75, 3.05) is 23.3 Å². The Kier molecular flexibility index (Phi) is 7.61. The zero-order chi connectivity index (χ0) is 26.5. The van der Waals surface area contributed by atoms with Gasteiger partial charge >= 0.3 is 6.03 Å². The number of anilines is 2. The van der Waals surface area contributed by atoms with Gasteiger partial charge in [0.2, 0.25) is 0 Å². The second-order valence-corrected chi connectivity index (χ2v) is 9.72. The van der Waals surface area contributed by atoms with E-state index >= 15 is 0 Å².